The van der Waals surface area contributed by atoms with Gasteiger partial charge in [-0.2, -0.15) is 4.98 Å². The molecule has 0 bridgehead atoms. The largest absolute Gasteiger partial charge is 0.434 e. The molecule has 150 valence electrons. The van der Waals surface area contributed by atoms with Gasteiger partial charge in [0.1, 0.15) is 12.1 Å². The second-order valence-corrected chi connectivity index (χ2v) is 6.69. The molecule has 2 aromatic heterocycles. The summed E-state index contributed by atoms with van der Waals surface area (Å²) in [4.78, 5) is 23.9. The fourth-order valence-electron chi connectivity index (χ4n) is 3.07. The van der Waals surface area contributed by atoms with Crippen LogP contribution in [0.1, 0.15) is 18.2 Å². The highest BCUT2D eigenvalue weighted by Crippen LogP contribution is 2.36. The second-order valence-electron chi connectivity index (χ2n) is 6.69. The van der Waals surface area contributed by atoms with Crippen LogP contribution >= 0.6 is 0 Å². The van der Waals surface area contributed by atoms with Crippen LogP contribution in [-0.2, 0) is 6.42 Å². The van der Waals surface area contributed by atoms with Crippen LogP contribution in [0.15, 0.2) is 60.9 Å². The third-order valence-electron chi connectivity index (χ3n) is 4.63. The van der Waals surface area contributed by atoms with Gasteiger partial charge in [-0.3, -0.25) is 15.1 Å². The van der Waals surface area contributed by atoms with Crippen molar-refractivity contribution in [2.24, 2.45) is 0 Å². The predicted molar refractivity (Wildman–Crippen MR) is 114 cm³/mol. The quantitative estimate of drug-likeness (QED) is 0.343. The molecule has 0 aliphatic rings. The topological polar surface area (TPSA) is 103 Å². The number of aryl methyl sites for hydroxylation is 2. The normalized spacial score (nSPS) is 10.7. The Kier molecular flexibility index (Phi) is 5.21. The van der Waals surface area contributed by atoms with Gasteiger partial charge in [0.25, 0.3) is 0 Å². The minimum atomic E-state index is -0.554. The van der Waals surface area contributed by atoms with Gasteiger partial charge in [-0.25, -0.2) is 4.98 Å². The van der Waals surface area contributed by atoms with Crippen molar-refractivity contribution in [2.45, 2.75) is 20.3 Å². The van der Waals surface area contributed by atoms with E-state index in [1.807, 2.05) is 50.2 Å². The third kappa shape index (κ3) is 3.88. The number of benzene rings is 2. The molecule has 2 aromatic carbocycles. The van der Waals surface area contributed by atoms with Crippen molar-refractivity contribution < 1.29 is 9.66 Å². The van der Waals surface area contributed by atoms with Crippen LogP contribution in [0.25, 0.3) is 10.9 Å². The Bertz CT molecular complexity index is 1230. The monoisotopic (exact) mass is 401 g/mol. The molecule has 0 aliphatic carbocycles. The van der Waals surface area contributed by atoms with Crippen molar-refractivity contribution in [1.82, 2.24) is 15.0 Å². The lowest BCUT2D eigenvalue weighted by Crippen LogP contribution is -2.04. The molecule has 0 aliphatic heterocycles. The molecule has 0 amide bonds. The Morgan fingerprint density at radius 3 is 2.60 bits per heavy atom. The molecule has 0 saturated heterocycles. The minimum Gasteiger partial charge on any atom is -0.434 e. The van der Waals surface area contributed by atoms with Crippen LogP contribution < -0.4 is 10.1 Å². The molecule has 4 rings (SSSR count). The zero-order chi connectivity index (χ0) is 21.1. The molecule has 0 radical (unpaired) electrons. The van der Waals surface area contributed by atoms with Crippen LogP contribution in [0.5, 0.6) is 11.6 Å². The van der Waals surface area contributed by atoms with Gasteiger partial charge >= 0.3 is 11.6 Å². The number of para-hydroxylation sites is 1. The molecule has 8 nitrogen and oxygen atoms in total. The van der Waals surface area contributed by atoms with Crippen LogP contribution in [0.2, 0.25) is 0 Å². The molecular weight excluding hydrogens is 382 g/mol. The smallest absolute Gasteiger partial charge is 0.373 e. The Morgan fingerprint density at radius 1 is 1.07 bits per heavy atom. The fourth-order valence-corrected chi connectivity index (χ4v) is 3.07. The molecule has 0 unspecified atom stereocenters. The average molecular weight is 401 g/mol. The number of anilines is 2. The molecule has 8 heteroatoms. The first kappa shape index (κ1) is 19.3. The highest BCUT2D eigenvalue weighted by Gasteiger charge is 2.25. The van der Waals surface area contributed by atoms with E-state index in [1.54, 1.807) is 18.2 Å². The fraction of sp³-hybridized carbons (Fsp3) is 0.136. The number of hydrogen-bond donors (Lipinski definition) is 1. The Morgan fingerprint density at radius 2 is 1.87 bits per heavy atom. The maximum absolute atomic E-state index is 11.8. The Balaban J connectivity index is 1.73. The summed E-state index contributed by atoms with van der Waals surface area (Å²) in [6, 6.07) is 16.8. The van der Waals surface area contributed by atoms with E-state index in [2.05, 4.69) is 20.3 Å². The molecule has 0 spiro atoms. The van der Waals surface area contributed by atoms with Crippen molar-refractivity contribution in [3.8, 4) is 11.6 Å². The molecule has 0 atom stereocenters. The Labute approximate surface area is 172 Å². The number of pyridine rings is 1. The summed E-state index contributed by atoms with van der Waals surface area (Å²) in [5.41, 5.74) is 2.94. The molecule has 0 fully saturated rings. The maximum atomic E-state index is 11.8. The van der Waals surface area contributed by atoms with Crippen LogP contribution in [0.4, 0.5) is 17.2 Å². The molecule has 4 aromatic rings. The SMILES string of the molecule is CCc1ccc(Oc2ncnc(Nc3cccc4ccc(C)nc34)c2[N+](=O)[O-])cc1. The number of fused-ring (bicyclic) bond motifs is 1. The van der Waals surface area contributed by atoms with Crippen LogP contribution in [-0.4, -0.2) is 19.9 Å². The number of ether oxygens (including phenoxy) is 1. The van der Waals surface area contributed by atoms with Gasteiger partial charge in [-0.05, 0) is 43.2 Å². The highest BCUT2D eigenvalue weighted by molar-refractivity contribution is 5.92. The highest BCUT2D eigenvalue weighted by atomic mass is 16.6. The maximum Gasteiger partial charge on any atom is 0.373 e. The van der Waals surface area contributed by atoms with Gasteiger partial charge in [-0.1, -0.05) is 37.3 Å². The molecule has 0 saturated carbocycles. The lowest BCUT2D eigenvalue weighted by Gasteiger charge is -2.11. The standard InChI is InChI=1S/C22H19N5O3/c1-3-15-8-11-17(12-9-15)30-22-20(27(28)29)21(23-13-24-22)26-18-6-4-5-16-10-7-14(2)25-19(16)18/h4-13H,3H2,1-2H3,(H,23,24,26). The van der Waals surface area contributed by atoms with Crippen molar-refractivity contribution in [2.75, 3.05) is 5.32 Å². The summed E-state index contributed by atoms with van der Waals surface area (Å²) in [6.45, 7) is 3.94. The summed E-state index contributed by atoms with van der Waals surface area (Å²) in [6.07, 6.45) is 2.12. The first-order valence-electron chi connectivity index (χ1n) is 9.44. The minimum absolute atomic E-state index is 0.0333. The third-order valence-corrected chi connectivity index (χ3v) is 4.63. The number of rotatable bonds is 6. The van der Waals surface area contributed by atoms with Gasteiger partial charge < -0.3 is 10.1 Å². The van der Waals surface area contributed by atoms with E-state index in [9.17, 15) is 10.1 Å². The van der Waals surface area contributed by atoms with E-state index >= 15 is 0 Å². The number of nitro groups is 1. The van der Waals surface area contributed by atoms with E-state index in [-0.39, 0.29) is 17.4 Å². The number of nitrogens with zero attached hydrogens (tertiary/aromatic N) is 4. The van der Waals surface area contributed by atoms with Crippen molar-refractivity contribution in [3.63, 3.8) is 0 Å². The van der Waals surface area contributed by atoms with Gasteiger partial charge in [-0.15, -0.1) is 0 Å². The van der Waals surface area contributed by atoms with Crippen LogP contribution in [0, 0.1) is 17.0 Å². The summed E-state index contributed by atoms with van der Waals surface area (Å²) in [5, 5.41) is 15.8. The van der Waals surface area contributed by atoms with E-state index in [0.29, 0.717) is 17.0 Å². The van der Waals surface area contributed by atoms with Crippen molar-refractivity contribution >= 4 is 28.1 Å². The van der Waals surface area contributed by atoms with Crippen molar-refractivity contribution in [1.29, 1.82) is 0 Å². The number of hydrogen-bond acceptors (Lipinski definition) is 7. The summed E-state index contributed by atoms with van der Waals surface area (Å²) >= 11 is 0. The van der Waals surface area contributed by atoms with Gasteiger partial charge in [0.2, 0.25) is 5.82 Å². The molecule has 2 heterocycles. The zero-order valence-corrected chi connectivity index (χ0v) is 16.5. The van der Waals surface area contributed by atoms with Gasteiger partial charge in [0.15, 0.2) is 0 Å². The zero-order valence-electron chi connectivity index (χ0n) is 16.5. The van der Waals surface area contributed by atoms with E-state index in [0.717, 1.165) is 23.1 Å². The first-order chi connectivity index (χ1) is 14.5. The summed E-state index contributed by atoms with van der Waals surface area (Å²) in [7, 11) is 0. The van der Waals surface area contributed by atoms with Gasteiger partial charge in [0, 0.05) is 11.1 Å². The molecular formula is C22H19N5O3. The second kappa shape index (κ2) is 8.12. The van der Waals surface area contributed by atoms with Crippen LogP contribution in [0.3, 0.4) is 0 Å². The first-order valence-corrected chi connectivity index (χ1v) is 9.44. The average Bonchev–Trinajstić information content (AvgIpc) is 2.74. The predicted octanol–water partition coefficient (Wildman–Crippen LogP) is 5.34. The number of nitrogens with one attached hydrogen (secondary N) is 1. The lowest BCUT2D eigenvalue weighted by molar-refractivity contribution is -0.385. The Hall–Kier alpha value is -4.07. The summed E-state index contributed by atoms with van der Waals surface area (Å²) < 4.78 is 5.71. The molecule has 30 heavy (non-hydrogen) atoms. The lowest BCUT2D eigenvalue weighted by atomic mass is 10.1. The van der Waals surface area contributed by atoms with E-state index in [1.165, 1.54) is 6.33 Å². The van der Waals surface area contributed by atoms with E-state index < -0.39 is 4.92 Å². The summed E-state index contributed by atoms with van der Waals surface area (Å²) in [5.74, 6) is 0.361. The van der Waals surface area contributed by atoms with E-state index in [4.69, 9.17) is 4.74 Å². The number of aromatic nitrogens is 3. The van der Waals surface area contributed by atoms with Crippen molar-refractivity contribution in [3.05, 3.63) is 82.3 Å². The van der Waals surface area contributed by atoms with Gasteiger partial charge in [0.05, 0.1) is 16.1 Å². The molecule has 1 N–H and O–H groups in total.